The molecule has 0 radical (unpaired) electrons. The number of hydrogen-bond donors (Lipinski definition) is 1. The van der Waals surface area contributed by atoms with Gasteiger partial charge in [0, 0.05) is 25.3 Å². The summed E-state index contributed by atoms with van der Waals surface area (Å²) in [7, 11) is -1.18. The first-order chi connectivity index (χ1) is 16.0. The molecule has 1 heterocycles. The van der Waals surface area contributed by atoms with Crippen LogP contribution in [0, 0.1) is 5.41 Å². The minimum atomic E-state index is -4.11. The van der Waals surface area contributed by atoms with Crippen LogP contribution in [0.2, 0.25) is 0 Å². The molecule has 4 rings (SSSR count). The number of hydrogen-bond acceptors (Lipinski definition) is 6. The highest BCUT2D eigenvalue weighted by Crippen LogP contribution is 2.55. The zero-order valence-corrected chi connectivity index (χ0v) is 20.7. The van der Waals surface area contributed by atoms with Gasteiger partial charge in [0.05, 0.1) is 25.2 Å². The number of aliphatic carboxylic acids is 1. The van der Waals surface area contributed by atoms with E-state index in [1.807, 2.05) is 24.3 Å². The molecular formula is C25H31NO7S. The molecule has 184 valence electrons. The summed E-state index contributed by atoms with van der Waals surface area (Å²) in [5, 5.41) is 10.3. The van der Waals surface area contributed by atoms with E-state index in [-0.39, 0.29) is 4.90 Å². The van der Waals surface area contributed by atoms with E-state index < -0.39 is 32.7 Å². The number of carboxylic acids is 1. The molecule has 1 saturated carbocycles. The summed E-state index contributed by atoms with van der Waals surface area (Å²) in [6.07, 6.45) is 1.29. The largest absolute Gasteiger partial charge is 0.497 e. The van der Waals surface area contributed by atoms with Crippen LogP contribution < -0.4 is 4.74 Å². The summed E-state index contributed by atoms with van der Waals surface area (Å²) in [6, 6.07) is 13.9. The average molecular weight is 490 g/mol. The molecule has 0 bridgehead atoms. The van der Waals surface area contributed by atoms with Crippen molar-refractivity contribution in [3.05, 3.63) is 48.5 Å². The Balaban J connectivity index is 1.64. The summed E-state index contributed by atoms with van der Waals surface area (Å²) in [6.45, 7) is 4.19. The van der Waals surface area contributed by atoms with Gasteiger partial charge < -0.3 is 19.3 Å². The quantitative estimate of drug-likeness (QED) is 0.632. The van der Waals surface area contributed by atoms with E-state index in [1.54, 1.807) is 26.2 Å². The number of ether oxygens (including phenoxy) is 3. The molecule has 9 heteroatoms. The lowest BCUT2D eigenvalue weighted by Crippen LogP contribution is -2.62. The van der Waals surface area contributed by atoms with Crippen molar-refractivity contribution >= 4 is 16.0 Å². The first-order valence-electron chi connectivity index (χ1n) is 11.2. The van der Waals surface area contributed by atoms with Crippen molar-refractivity contribution in [2.45, 2.75) is 49.3 Å². The van der Waals surface area contributed by atoms with E-state index in [0.29, 0.717) is 32.5 Å². The smallest absolute Gasteiger partial charge is 0.325 e. The van der Waals surface area contributed by atoms with Gasteiger partial charge in [0.1, 0.15) is 11.3 Å². The van der Waals surface area contributed by atoms with Crippen molar-refractivity contribution in [1.82, 2.24) is 4.31 Å². The molecule has 1 saturated heterocycles. The Labute approximate surface area is 200 Å². The van der Waals surface area contributed by atoms with E-state index in [0.717, 1.165) is 21.2 Å². The number of methoxy groups -OCH3 is 1. The molecular weight excluding hydrogens is 458 g/mol. The van der Waals surface area contributed by atoms with Gasteiger partial charge in [-0.05, 0) is 48.7 Å². The Morgan fingerprint density at radius 1 is 1.03 bits per heavy atom. The number of likely N-dealkylation sites (N-methyl/N-ethyl adjacent to an activating group) is 1. The number of benzene rings is 2. The molecule has 1 aliphatic carbocycles. The van der Waals surface area contributed by atoms with Gasteiger partial charge in [0.15, 0.2) is 5.79 Å². The zero-order valence-electron chi connectivity index (χ0n) is 19.9. The minimum Gasteiger partial charge on any atom is -0.497 e. The number of nitrogens with zero attached hydrogens (tertiary/aromatic N) is 1. The number of sulfonamides is 1. The van der Waals surface area contributed by atoms with Gasteiger partial charge in [-0.1, -0.05) is 31.2 Å². The van der Waals surface area contributed by atoms with Crippen LogP contribution in [0.4, 0.5) is 0 Å². The molecule has 2 aromatic rings. The molecule has 2 atom stereocenters. The molecule has 1 N–H and O–H groups in total. The second-order valence-electron chi connectivity index (χ2n) is 9.45. The van der Waals surface area contributed by atoms with Crippen molar-refractivity contribution < 1.29 is 32.5 Å². The van der Waals surface area contributed by atoms with Gasteiger partial charge in [-0.3, -0.25) is 4.79 Å². The maximum absolute atomic E-state index is 13.6. The zero-order chi connectivity index (χ0) is 24.8. The predicted octanol–water partition coefficient (Wildman–Crippen LogP) is 3.76. The van der Waals surface area contributed by atoms with Crippen molar-refractivity contribution in [2.24, 2.45) is 5.41 Å². The molecule has 34 heavy (non-hydrogen) atoms. The van der Waals surface area contributed by atoms with Crippen LogP contribution in [-0.4, -0.2) is 62.5 Å². The predicted molar refractivity (Wildman–Crippen MR) is 126 cm³/mol. The second kappa shape index (κ2) is 8.64. The van der Waals surface area contributed by atoms with Crippen LogP contribution in [0.5, 0.6) is 5.75 Å². The average Bonchev–Trinajstić information content (AvgIpc) is 3.44. The molecule has 0 amide bonds. The Morgan fingerprint density at radius 2 is 1.56 bits per heavy atom. The minimum absolute atomic E-state index is 0.0319. The first kappa shape index (κ1) is 24.7. The summed E-state index contributed by atoms with van der Waals surface area (Å²) in [5.41, 5.74) is -0.855. The highest BCUT2D eigenvalue weighted by Gasteiger charge is 2.63. The third kappa shape index (κ3) is 3.90. The van der Waals surface area contributed by atoms with E-state index in [9.17, 15) is 18.3 Å². The van der Waals surface area contributed by atoms with E-state index in [1.165, 1.54) is 26.1 Å². The van der Waals surface area contributed by atoms with Crippen molar-refractivity contribution in [3.63, 3.8) is 0 Å². The monoisotopic (exact) mass is 489 g/mol. The van der Waals surface area contributed by atoms with Crippen LogP contribution in [0.3, 0.4) is 0 Å². The van der Waals surface area contributed by atoms with Crippen LogP contribution in [0.1, 0.15) is 33.1 Å². The number of carbonyl (C=O) groups is 1. The topological polar surface area (TPSA) is 102 Å². The second-order valence-corrected chi connectivity index (χ2v) is 11.4. The first-order valence-corrected chi connectivity index (χ1v) is 12.7. The van der Waals surface area contributed by atoms with Gasteiger partial charge in [0.25, 0.3) is 0 Å². The van der Waals surface area contributed by atoms with Crippen molar-refractivity contribution in [1.29, 1.82) is 0 Å². The molecule has 8 nitrogen and oxygen atoms in total. The van der Waals surface area contributed by atoms with E-state index in [2.05, 4.69) is 0 Å². The summed E-state index contributed by atoms with van der Waals surface area (Å²) >= 11 is 0. The molecule has 2 aromatic carbocycles. The number of rotatable bonds is 7. The van der Waals surface area contributed by atoms with Crippen LogP contribution in [-0.2, 0) is 24.3 Å². The van der Waals surface area contributed by atoms with E-state index in [4.69, 9.17) is 14.2 Å². The Hall–Kier alpha value is -2.46. The molecule has 0 aromatic heterocycles. The van der Waals surface area contributed by atoms with Gasteiger partial charge in [-0.15, -0.1) is 0 Å². The lowest BCUT2D eigenvalue weighted by molar-refractivity contribution is -0.169. The lowest BCUT2D eigenvalue weighted by Gasteiger charge is -2.46. The summed E-state index contributed by atoms with van der Waals surface area (Å²) in [5.74, 6) is -1.31. The summed E-state index contributed by atoms with van der Waals surface area (Å²) in [4.78, 5) is 12.7. The SMILES string of the molecule is COc1ccc(-c2ccc(S(=O)(=O)N(C)C(C)(C(=O)O)C3(C)CCC4(C3)OCCO4)cc2)cc1. The summed E-state index contributed by atoms with van der Waals surface area (Å²) < 4.78 is 45.0. The molecule has 1 spiro atoms. The highest BCUT2D eigenvalue weighted by atomic mass is 32.2. The van der Waals surface area contributed by atoms with Crippen LogP contribution in [0.15, 0.2) is 53.4 Å². The molecule has 2 aliphatic rings. The maximum atomic E-state index is 13.6. The van der Waals surface area contributed by atoms with Gasteiger partial charge in [-0.25, -0.2) is 8.42 Å². The fourth-order valence-corrected chi connectivity index (χ4v) is 6.75. The standard InChI is InChI=1S/C25H31NO7S/c1-23(13-14-25(17-23)32-15-16-33-25)24(2,22(27)28)26(3)34(29,30)21-11-7-19(8-12-21)18-5-9-20(31-4)10-6-18/h5-12H,13-17H2,1-4H3,(H,27,28). The Kier molecular flexibility index (Phi) is 6.27. The van der Waals surface area contributed by atoms with Crippen LogP contribution >= 0.6 is 0 Å². The Morgan fingerprint density at radius 3 is 2.06 bits per heavy atom. The lowest BCUT2D eigenvalue weighted by atomic mass is 9.70. The fraction of sp³-hybridized carbons (Fsp3) is 0.480. The molecule has 1 aliphatic heterocycles. The maximum Gasteiger partial charge on any atom is 0.325 e. The third-order valence-electron chi connectivity index (χ3n) is 7.69. The Bertz CT molecular complexity index is 1160. The number of carboxylic acid groups (broad SMARTS) is 1. The normalized spacial score (nSPS) is 23.8. The van der Waals surface area contributed by atoms with E-state index >= 15 is 0 Å². The van der Waals surface area contributed by atoms with Gasteiger partial charge >= 0.3 is 5.97 Å². The molecule has 2 fully saturated rings. The fourth-order valence-electron chi connectivity index (χ4n) is 5.17. The highest BCUT2D eigenvalue weighted by molar-refractivity contribution is 7.89. The van der Waals surface area contributed by atoms with Crippen molar-refractivity contribution in [2.75, 3.05) is 27.4 Å². The van der Waals surface area contributed by atoms with Crippen molar-refractivity contribution in [3.8, 4) is 16.9 Å². The third-order valence-corrected chi connectivity index (χ3v) is 9.64. The van der Waals surface area contributed by atoms with Gasteiger partial charge in [-0.2, -0.15) is 4.31 Å². The van der Waals surface area contributed by atoms with Crippen LogP contribution in [0.25, 0.3) is 11.1 Å². The van der Waals surface area contributed by atoms with Gasteiger partial charge in [0.2, 0.25) is 10.0 Å². The molecule has 2 unspecified atom stereocenters.